The molecule has 135 heavy (non-hydrogen) atoms. The number of hydrogen-bond donors (Lipinski definition) is 5. The Hall–Kier alpha value is -2.50. The van der Waals surface area contributed by atoms with Crippen LogP contribution in [0.3, 0.4) is 0 Å². The summed E-state index contributed by atoms with van der Waals surface area (Å²) in [5.74, 6) is 19.7. The summed E-state index contributed by atoms with van der Waals surface area (Å²) in [7, 11) is 0. The van der Waals surface area contributed by atoms with E-state index in [0.717, 1.165) is 143 Å². The molecule has 0 aliphatic heterocycles. The summed E-state index contributed by atoms with van der Waals surface area (Å²) in [4.78, 5) is 5.44. The van der Waals surface area contributed by atoms with Crippen LogP contribution in [0, 0.1) is 88.8 Å². The lowest BCUT2D eigenvalue weighted by Crippen LogP contribution is -2.25. The van der Waals surface area contributed by atoms with E-state index < -0.39 is 0 Å². The molecule has 0 unspecified atom stereocenters. The fourth-order valence-electron chi connectivity index (χ4n) is 28.3. The molecule has 10 aliphatic carbocycles. The number of benzene rings is 5. The van der Waals surface area contributed by atoms with Crippen LogP contribution < -0.4 is 0 Å². The van der Waals surface area contributed by atoms with Crippen molar-refractivity contribution in [2.75, 3.05) is 0 Å². The molecule has 0 N–H and O–H groups in total. The van der Waals surface area contributed by atoms with E-state index >= 15 is 0 Å². The quantitative estimate of drug-likeness (QED) is 0.0144. The Balaban J connectivity index is 0.000000257. The zero-order valence-corrected chi connectivity index (χ0v) is 91.3. The van der Waals surface area contributed by atoms with Gasteiger partial charge >= 0.3 is 0 Å². The molecule has 10 saturated carbocycles. The van der Waals surface area contributed by atoms with Crippen LogP contribution in [-0.2, 0) is 0 Å². The van der Waals surface area contributed by atoms with Crippen LogP contribution >= 0.6 is 63.1 Å². The molecular formula is C125H205F5S5. The van der Waals surface area contributed by atoms with Gasteiger partial charge in [-0.1, -0.05) is 352 Å². The second-order valence-corrected chi connectivity index (χ2v) is 48.5. The molecule has 0 bridgehead atoms. The first-order valence-corrected chi connectivity index (χ1v) is 60.0. The zero-order valence-electron chi connectivity index (χ0n) is 86.9. The molecule has 10 heteroatoms. The molecule has 0 spiro atoms. The largest absolute Gasteiger partial charge is 0.269 e. The highest BCUT2D eigenvalue weighted by molar-refractivity contribution is 7.81. The summed E-state index contributed by atoms with van der Waals surface area (Å²) in [6, 6.07) is 44.7. The van der Waals surface area contributed by atoms with Gasteiger partial charge in [-0.2, -0.15) is 0 Å². The van der Waals surface area contributed by atoms with Crippen molar-refractivity contribution in [1.82, 2.24) is 0 Å². The molecule has 15 rings (SSSR count). The van der Waals surface area contributed by atoms with Gasteiger partial charge in [-0.3, -0.25) is 23.5 Å². The molecule has 0 aromatic heterocycles. The summed E-state index contributed by atoms with van der Waals surface area (Å²) < 4.78 is 0. The molecule has 0 amide bonds. The van der Waals surface area contributed by atoms with Crippen LogP contribution in [0.5, 0.6) is 0 Å². The fourth-order valence-corrected chi connectivity index (χ4v) is 29.0. The smallest absolute Gasteiger partial charge is 0.00401 e. The van der Waals surface area contributed by atoms with Gasteiger partial charge in [0.15, 0.2) is 0 Å². The summed E-state index contributed by atoms with van der Waals surface area (Å²) in [5, 5.41) is 0. The van der Waals surface area contributed by atoms with Crippen LogP contribution in [0.2, 0.25) is 0 Å². The van der Waals surface area contributed by atoms with Gasteiger partial charge in [0.1, 0.15) is 0 Å². The zero-order chi connectivity index (χ0) is 91.0. The molecular weight excluding hydrogens is 1760 g/mol. The Labute approximate surface area is 856 Å². The van der Waals surface area contributed by atoms with E-state index in [9.17, 15) is 0 Å². The first-order valence-electron chi connectivity index (χ1n) is 57.7. The maximum atomic E-state index is 4.42. The van der Waals surface area contributed by atoms with Crippen molar-refractivity contribution in [3.05, 3.63) is 149 Å². The second kappa shape index (κ2) is 71.1. The third-order valence-electron chi connectivity index (χ3n) is 37.1. The highest BCUT2D eigenvalue weighted by Crippen LogP contribution is 2.52. The molecule has 5 aromatic carbocycles. The van der Waals surface area contributed by atoms with Crippen LogP contribution in [0.4, 0.5) is 23.5 Å². The average Bonchev–Trinajstić information content (AvgIpc) is 0.850. The topological polar surface area (TPSA) is 0 Å². The van der Waals surface area contributed by atoms with Crippen LogP contribution in [0.15, 0.2) is 146 Å². The van der Waals surface area contributed by atoms with Gasteiger partial charge in [-0.05, 0) is 399 Å². The molecule has 770 valence electrons. The number of unbranched alkanes of at least 4 members (excludes halogenated alkanes) is 20. The minimum Gasteiger partial charge on any atom is -0.269 e. The summed E-state index contributed by atoms with van der Waals surface area (Å²) in [5.41, 5.74) is 7.75. The van der Waals surface area contributed by atoms with Gasteiger partial charge < -0.3 is 0 Å². The molecule has 0 radical (unpaired) electrons. The summed E-state index contributed by atoms with van der Waals surface area (Å²) in [6.07, 6.45) is 103. The minimum absolute atomic E-state index is 0. The molecule has 5 aromatic rings. The number of thiol groups is 5. The van der Waals surface area contributed by atoms with Gasteiger partial charge in [-0.25, -0.2) is 0 Å². The molecule has 0 nitrogen and oxygen atoms in total. The van der Waals surface area contributed by atoms with Crippen molar-refractivity contribution in [2.24, 2.45) is 88.8 Å². The van der Waals surface area contributed by atoms with Crippen molar-refractivity contribution in [3.8, 4) is 0 Å². The van der Waals surface area contributed by atoms with Gasteiger partial charge in [0, 0.05) is 24.5 Å². The van der Waals surface area contributed by atoms with E-state index in [1.165, 1.54) is 449 Å². The Bertz CT molecular complexity index is 3030. The predicted octanol–water partition coefficient (Wildman–Crippen LogP) is 42.8. The standard InChI is InChI=1S/5C25H40S.5FH/c5*1-2-3-4-5-6-7-20-8-10-21(11-9-20)22-12-14-23(15-13-22)24-16-18-25(26)19-17-24;;;;;/h5*16-23,26H,2-15H2,1H3;5*1H. The lowest BCUT2D eigenvalue weighted by atomic mass is 9.68. The molecule has 10 fully saturated rings. The minimum atomic E-state index is 0. The Morgan fingerprint density at radius 3 is 0.378 bits per heavy atom. The van der Waals surface area contributed by atoms with E-state index in [-0.39, 0.29) is 23.5 Å². The maximum Gasteiger partial charge on any atom is 0.00401 e. The van der Waals surface area contributed by atoms with Crippen molar-refractivity contribution in [2.45, 2.75) is 538 Å². The lowest BCUT2D eigenvalue weighted by Gasteiger charge is -2.38. The SMILES string of the molecule is CCCCCCCC1CCC(C2CCC(c3ccc(S)cc3)CC2)CC1.CCCCCCCC1CCC(C2CCC(c3ccc(S)cc3)CC2)CC1.CCCCCCCC1CCC(C2CCC(c3ccc(S)cc3)CC2)CC1.CCCCCCCC1CCC(C2CCC(c3ccc(S)cc3)CC2)CC1.CCCCCCCC1CCC(C2CCC(c3ccc(S)cc3)CC2)CC1.F.F.F.F.F. The van der Waals surface area contributed by atoms with Crippen LogP contribution in [0.25, 0.3) is 0 Å². The van der Waals surface area contributed by atoms with Crippen LogP contribution in [0.1, 0.15) is 541 Å². The first-order chi connectivity index (χ1) is 63.8. The molecule has 0 heterocycles. The Morgan fingerprint density at radius 2 is 0.259 bits per heavy atom. The van der Waals surface area contributed by atoms with Crippen molar-refractivity contribution >= 4 is 63.1 Å². The lowest BCUT2D eigenvalue weighted by molar-refractivity contribution is 0.155. The van der Waals surface area contributed by atoms with Gasteiger partial charge in [0.2, 0.25) is 0 Å². The van der Waals surface area contributed by atoms with Crippen molar-refractivity contribution < 1.29 is 23.5 Å². The Morgan fingerprint density at radius 1 is 0.148 bits per heavy atom. The summed E-state index contributed by atoms with van der Waals surface area (Å²) >= 11 is 22.1. The van der Waals surface area contributed by atoms with E-state index in [1.54, 1.807) is 27.8 Å². The van der Waals surface area contributed by atoms with Gasteiger partial charge in [0.25, 0.3) is 0 Å². The summed E-state index contributed by atoms with van der Waals surface area (Å²) in [6.45, 7) is 11.6. The normalized spacial score (nSPS) is 28.5. The maximum absolute atomic E-state index is 4.42. The fraction of sp³-hybridized carbons (Fsp3) is 0.760. The highest BCUT2D eigenvalue weighted by atomic mass is 32.1. The van der Waals surface area contributed by atoms with Crippen molar-refractivity contribution in [1.29, 1.82) is 0 Å². The van der Waals surface area contributed by atoms with Gasteiger partial charge in [-0.15, -0.1) is 63.1 Å². The predicted molar refractivity (Wildman–Crippen MR) is 599 cm³/mol. The number of rotatable bonds is 40. The van der Waals surface area contributed by atoms with Crippen LogP contribution in [-0.4, -0.2) is 0 Å². The molecule has 0 atom stereocenters. The molecule has 0 saturated heterocycles. The molecule has 10 aliphatic rings. The van der Waals surface area contributed by atoms with E-state index in [1.807, 2.05) is 0 Å². The van der Waals surface area contributed by atoms with E-state index in [0.29, 0.717) is 0 Å². The third kappa shape index (κ3) is 44.5. The van der Waals surface area contributed by atoms with E-state index in [4.69, 9.17) is 0 Å². The third-order valence-corrected chi connectivity index (χ3v) is 38.5. The Kier molecular flexibility index (Phi) is 63.8. The first kappa shape index (κ1) is 121. The highest BCUT2D eigenvalue weighted by Gasteiger charge is 2.38. The van der Waals surface area contributed by atoms with Gasteiger partial charge in [0.05, 0.1) is 0 Å². The van der Waals surface area contributed by atoms with Crippen molar-refractivity contribution in [3.63, 3.8) is 0 Å². The van der Waals surface area contributed by atoms with E-state index in [2.05, 4.69) is 219 Å². The number of halogens is 5. The number of hydrogen-bond acceptors (Lipinski definition) is 5. The second-order valence-electron chi connectivity index (χ2n) is 45.9. The average molecular weight is 1960 g/mol. The monoisotopic (exact) mass is 1960 g/mol.